The fourth-order valence-electron chi connectivity index (χ4n) is 2.71. The minimum Gasteiger partial charge on any atom is -0.377 e. The summed E-state index contributed by atoms with van der Waals surface area (Å²) in [5.74, 6) is 0. The predicted molar refractivity (Wildman–Crippen MR) is 85.6 cm³/mol. The zero-order valence-corrected chi connectivity index (χ0v) is 13.1. The van der Waals surface area contributed by atoms with Crippen LogP contribution in [0.4, 0.5) is 0 Å². The number of halogens is 1. The first-order valence-electron chi connectivity index (χ1n) is 7.20. The number of ether oxygens (including phenoxy) is 1. The molecule has 0 heterocycles. The predicted octanol–water partition coefficient (Wildman–Crippen LogP) is 5.06. The Morgan fingerprint density at radius 1 is 1.11 bits per heavy atom. The van der Waals surface area contributed by atoms with Gasteiger partial charge >= 0.3 is 0 Å². The lowest BCUT2D eigenvalue weighted by Crippen LogP contribution is -2.31. The molecular formula is C17H23BrO. The van der Waals surface area contributed by atoms with Crippen LogP contribution in [-0.4, -0.2) is 18.5 Å². The third-order valence-electron chi connectivity index (χ3n) is 3.93. The third kappa shape index (κ3) is 4.77. The maximum Gasteiger partial charge on any atom is 0.0650 e. The molecule has 1 aliphatic carbocycles. The fourth-order valence-corrected chi connectivity index (χ4v) is 3.43. The van der Waals surface area contributed by atoms with E-state index in [4.69, 9.17) is 4.74 Å². The molecule has 0 aromatic heterocycles. The summed E-state index contributed by atoms with van der Waals surface area (Å²) in [5.41, 5.74) is 1.62. The van der Waals surface area contributed by atoms with Crippen molar-refractivity contribution in [2.24, 2.45) is 5.41 Å². The van der Waals surface area contributed by atoms with E-state index in [-0.39, 0.29) is 0 Å². The summed E-state index contributed by atoms with van der Waals surface area (Å²) in [5, 5.41) is 1.07. The molecule has 1 nitrogen and oxygen atoms in total. The topological polar surface area (TPSA) is 9.23 Å². The standard InChI is InChI=1S/C17H23BrO/c18-14-17(11-5-2-6-12-17)15-19-13-7-10-16-8-3-1-4-9-16/h1,3-4,7-10H,2,5-6,11-15H2. The summed E-state index contributed by atoms with van der Waals surface area (Å²) in [7, 11) is 0. The molecule has 0 spiro atoms. The zero-order valence-electron chi connectivity index (χ0n) is 11.5. The van der Waals surface area contributed by atoms with Crippen molar-refractivity contribution in [3.05, 3.63) is 42.0 Å². The van der Waals surface area contributed by atoms with Gasteiger partial charge < -0.3 is 4.74 Å². The van der Waals surface area contributed by atoms with Gasteiger partial charge in [-0.05, 0) is 18.4 Å². The lowest BCUT2D eigenvalue weighted by molar-refractivity contribution is 0.0494. The second-order valence-electron chi connectivity index (χ2n) is 5.52. The van der Waals surface area contributed by atoms with Gasteiger partial charge in [0.1, 0.15) is 0 Å². The van der Waals surface area contributed by atoms with Crippen LogP contribution < -0.4 is 0 Å². The van der Waals surface area contributed by atoms with E-state index in [1.54, 1.807) is 0 Å². The third-order valence-corrected chi connectivity index (χ3v) is 5.12. The number of rotatable bonds is 6. The van der Waals surface area contributed by atoms with Crippen LogP contribution >= 0.6 is 15.9 Å². The molecule has 1 aromatic rings. The van der Waals surface area contributed by atoms with Crippen molar-refractivity contribution >= 4 is 22.0 Å². The van der Waals surface area contributed by atoms with Crippen molar-refractivity contribution in [2.45, 2.75) is 32.1 Å². The average molecular weight is 323 g/mol. The van der Waals surface area contributed by atoms with Crippen LogP contribution in [0.25, 0.3) is 6.08 Å². The first kappa shape index (κ1) is 14.8. The number of hydrogen-bond donors (Lipinski definition) is 0. The summed E-state index contributed by atoms with van der Waals surface area (Å²) in [6, 6.07) is 10.4. The Hall–Kier alpha value is -0.600. The van der Waals surface area contributed by atoms with Crippen molar-refractivity contribution in [3.63, 3.8) is 0 Å². The highest BCUT2D eigenvalue weighted by molar-refractivity contribution is 9.09. The molecule has 1 fully saturated rings. The van der Waals surface area contributed by atoms with Gasteiger partial charge in [0.2, 0.25) is 0 Å². The minimum absolute atomic E-state index is 0.388. The Balaban J connectivity index is 1.72. The summed E-state index contributed by atoms with van der Waals surface area (Å²) >= 11 is 3.68. The first-order chi connectivity index (χ1) is 9.35. The van der Waals surface area contributed by atoms with E-state index in [0.29, 0.717) is 12.0 Å². The van der Waals surface area contributed by atoms with Gasteiger partial charge in [-0.25, -0.2) is 0 Å². The van der Waals surface area contributed by atoms with Gasteiger partial charge in [0.25, 0.3) is 0 Å². The summed E-state index contributed by atoms with van der Waals surface area (Å²) in [6.45, 7) is 1.60. The molecule has 0 unspecified atom stereocenters. The van der Waals surface area contributed by atoms with E-state index < -0.39 is 0 Å². The van der Waals surface area contributed by atoms with Crippen LogP contribution in [0.15, 0.2) is 36.4 Å². The van der Waals surface area contributed by atoms with Gasteiger partial charge in [-0.15, -0.1) is 0 Å². The average Bonchev–Trinajstić information content (AvgIpc) is 2.49. The maximum atomic E-state index is 5.87. The van der Waals surface area contributed by atoms with E-state index in [2.05, 4.69) is 52.3 Å². The monoisotopic (exact) mass is 322 g/mol. The molecule has 2 heteroatoms. The Morgan fingerprint density at radius 2 is 1.84 bits per heavy atom. The van der Waals surface area contributed by atoms with E-state index in [0.717, 1.165) is 11.9 Å². The Kier molecular flexibility index (Phi) is 6.12. The molecule has 1 aromatic carbocycles. The second-order valence-corrected chi connectivity index (χ2v) is 6.08. The minimum atomic E-state index is 0.388. The second kappa shape index (κ2) is 7.86. The van der Waals surface area contributed by atoms with Crippen LogP contribution in [0.2, 0.25) is 0 Å². The fraction of sp³-hybridized carbons (Fsp3) is 0.529. The van der Waals surface area contributed by atoms with Gasteiger partial charge in [0.15, 0.2) is 0 Å². The van der Waals surface area contributed by atoms with Crippen LogP contribution in [0.3, 0.4) is 0 Å². The Morgan fingerprint density at radius 3 is 2.53 bits per heavy atom. The van der Waals surface area contributed by atoms with Gasteiger partial charge in [-0.3, -0.25) is 0 Å². The van der Waals surface area contributed by atoms with Crippen molar-refractivity contribution in [3.8, 4) is 0 Å². The van der Waals surface area contributed by atoms with E-state index >= 15 is 0 Å². The van der Waals surface area contributed by atoms with Crippen LogP contribution in [0.1, 0.15) is 37.7 Å². The van der Waals surface area contributed by atoms with Crippen molar-refractivity contribution in [1.82, 2.24) is 0 Å². The number of hydrogen-bond acceptors (Lipinski definition) is 1. The molecule has 0 bridgehead atoms. The van der Waals surface area contributed by atoms with Gasteiger partial charge in [0.05, 0.1) is 13.2 Å². The molecule has 19 heavy (non-hydrogen) atoms. The first-order valence-corrected chi connectivity index (χ1v) is 8.32. The Labute approximate surface area is 125 Å². The molecule has 0 aliphatic heterocycles. The summed E-state index contributed by atoms with van der Waals surface area (Å²) in [6.07, 6.45) is 11.0. The molecule has 0 amide bonds. The largest absolute Gasteiger partial charge is 0.377 e. The van der Waals surface area contributed by atoms with Crippen molar-refractivity contribution in [2.75, 3.05) is 18.5 Å². The zero-order chi connectivity index (χ0) is 13.4. The number of alkyl halides is 1. The molecule has 0 atom stereocenters. The van der Waals surface area contributed by atoms with E-state index in [9.17, 15) is 0 Å². The van der Waals surface area contributed by atoms with Crippen LogP contribution in [0, 0.1) is 5.41 Å². The van der Waals surface area contributed by atoms with Crippen LogP contribution in [-0.2, 0) is 4.74 Å². The number of benzene rings is 1. The smallest absolute Gasteiger partial charge is 0.0650 e. The highest BCUT2D eigenvalue weighted by atomic mass is 79.9. The molecular weight excluding hydrogens is 300 g/mol. The molecule has 0 saturated heterocycles. The van der Waals surface area contributed by atoms with E-state index in [1.165, 1.54) is 37.7 Å². The summed E-state index contributed by atoms with van der Waals surface area (Å²) < 4.78 is 5.87. The van der Waals surface area contributed by atoms with Crippen LogP contribution in [0.5, 0.6) is 0 Å². The molecule has 2 rings (SSSR count). The highest BCUT2D eigenvalue weighted by Crippen LogP contribution is 2.38. The Bertz CT molecular complexity index is 380. The van der Waals surface area contributed by atoms with Crippen molar-refractivity contribution < 1.29 is 4.74 Å². The van der Waals surface area contributed by atoms with E-state index in [1.807, 2.05) is 6.07 Å². The summed E-state index contributed by atoms with van der Waals surface area (Å²) in [4.78, 5) is 0. The SMILES string of the molecule is BrCC1(COCC=Cc2ccccc2)CCCCC1. The molecule has 0 N–H and O–H groups in total. The lowest BCUT2D eigenvalue weighted by Gasteiger charge is -2.35. The normalized spacial score (nSPS) is 18.8. The van der Waals surface area contributed by atoms with Gasteiger partial charge in [-0.1, -0.05) is 77.7 Å². The van der Waals surface area contributed by atoms with Gasteiger partial charge in [-0.2, -0.15) is 0 Å². The maximum absolute atomic E-state index is 5.87. The van der Waals surface area contributed by atoms with Gasteiger partial charge in [0, 0.05) is 10.7 Å². The molecule has 104 valence electrons. The molecule has 0 radical (unpaired) electrons. The molecule has 1 aliphatic rings. The quantitative estimate of drug-likeness (QED) is 0.525. The molecule has 1 saturated carbocycles. The highest BCUT2D eigenvalue weighted by Gasteiger charge is 2.30. The van der Waals surface area contributed by atoms with Crippen molar-refractivity contribution in [1.29, 1.82) is 0 Å². The lowest BCUT2D eigenvalue weighted by atomic mass is 9.76.